The lowest BCUT2D eigenvalue weighted by molar-refractivity contribution is -0.114. The van der Waals surface area contributed by atoms with Crippen LogP contribution in [0.4, 0.5) is 0 Å². The number of hydrogen-bond acceptors (Lipinski definition) is 5. The number of carbonyl (C=O) groups excluding carboxylic acids is 3. The molecule has 0 saturated heterocycles. The molecule has 0 aliphatic rings. The van der Waals surface area contributed by atoms with E-state index < -0.39 is 11.7 Å². The van der Waals surface area contributed by atoms with E-state index >= 15 is 0 Å². The molecule has 0 aromatic carbocycles. The number of unbranched alkanes of at least 4 members (excludes halogenated alkanes) is 5. The number of carbonyl (C=O) groups is 3. The number of aryl methyl sites for hydroxylation is 1. The molecule has 0 radical (unpaired) electrons. The number of nitrogens with zero attached hydrogens (tertiary/aromatic N) is 2. The Labute approximate surface area is 158 Å². The van der Waals surface area contributed by atoms with E-state index in [9.17, 15) is 14.4 Å². The minimum absolute atomic E-state index is 0.161. The normalized spacial score (nSPS) is 10.9. The fourth-order valence-electron chi connectivity index (χ4n) is 3.35. The molecule has 7 heteroatoms. The maximum Gasteiger partial charge on any atom is 0.289 e. The number of ketones is 1. The van der Waals surface area contributed by atoms with Crippen molar-refractivity contribution in [1.82, 2.24) is 9.55 Å². The van der Waals surface area contributed by atoms with Gasteiger partial charge in [0.25, 0.3) is 11.7 Å². The van der Waals surface area contributed by atoms with Crippen molar-refractivity contribution >= 4 is 28.9 Å². The van der Waals surface area contributed by atoms with Gasteiger partial charge in [0.2, 0.25) is 5.88 Å². The molecule has 7 nitrogen and oxygen atoms in total. The molecule has 0 fully saturated rings. The zero-order valence-corrected chi connectivity index (χ0v) is 16.0. The van der Waals surface area contributed by atoms with Gasteiger partial charge in [0.15, 0.2) is 6.29 Å². The fourth-order valence-corrected chi connectivity index (χ4v) is 3.35. The number of ether oxygens (including phenoxy) is 1. The molecule has 27 heavy (non-hydrogen) atoms. The number of aromatic nitrogens is 2. The average molecular weight is 373 g/mol. The van der Waals surface area contributed by atoms with Crippen molar-refractivity contribution < 1.29 is 19.1 Å². The van der Waals surface area contributed by atoms with E-state index in [1.165, 1.54) is 25.7 Å². The largest absolute Gasteiger partial charge is 0.469 e. The van der Waals surface area contributed by atoms with Gasteiger partial charge in [-0.3, -0.25) is 14.4 Å². The molecule has 0 spiro atoms. The Balaban J connectivity index is 2.39. The van der Waals surface area contributed by atoms with E-state index in [-0.39, 0.29) is 18.1 Å². The summed E-state index contributed by atoms with van der Waals surface area (Å²) in [5.74, 6) is -1.64. The average Bonchev–Trinajstić information content (AvgIpc) is 2.94. The number of aldehydes is 1. The number of pyridine rings is 1. The van der Waals surface area contributed by atoms with Gasteiger partial charge in [0.05, 0.1) is 16.5 Å². The molecule has 2 rings (SSSR count). The van der Waals surface area contributed by atoms with E-state index in [1.807, 2.05) is 4.57 Å². The smallest absolute Gasteiger partial charge is 0.289 e. The van der Waals surface area contributed by atoms with Crippen molar-refractivity contribution in [2.75, 3.05) is 6.61 Å². The summed E-state index contributed by atoms with van der Waals surface area (Å²) in [6.07, 6.45) is 9.08. The topological polar surface area (TPSA) is 104 Å². The van der Waals surface area contributed by atoms with E-state index in [0.29, 0.717) is 17.4 Å². The second-order valence-electron chi connectivity index (χ2n) is 6.56. The lowest BCUT2D eigenvalue weighted by atomic mass is 10.1. The van der Waals surface area contributed by atoms with Gasteiger partial charge in [-0.05, 0) is 19.4 Å². The lowest BCUT2D eigenvalue weighted by Crippen LogP contribution is -2.24. The summed E-state index contributed by atoms with van der Waals surface area (Å²) in [6.45, 7) is 4.51. The van der Waals surface area contributed by atoms with Crippen LogP contribution in [0.1, 0.15) is 61.5 Å². The monoisotopic (exact) mass is 373 g/mol. The summed E-state index contributed by atoms with van der Waals surface area (Å²) in [5, 5.41) is 0.437. The van der Waals surface area contributed by atoms with E-state index in [1.54, 1.807) is 19.2 Å². The second kappa shape index (κ2) is 9.85. The van der Waals surface area contributed by atoms with Crippen LogP contribution < -0.4 is 10.5 Å². The SMILES string of the molecule is CCCCCCCCn1c(C)c(C(=O)C(N)=O)c2c(OCC=O)nccc21. The quantitative estimate of drug-likeness (QED) is 0.267. The van der Waals surface area contributed by atoms with Crippen LogP contribution in [-0.4, -0.2) is 34.1 Å². The van der Waals surface area contributed by atoms with Crippen LogP contribution >= 0.6 is 0 Å². The molecule has 2 aromatic rings. The highest BCUT2D eigenvalue weighted by Crippen LogP contribution is 2.32. The molecular weight excluding hydrogens is 346 g/mol. The van der Waals surface area contributed by atoms with Gasteiger partial charge in [0.1, 0.15) is 6.61 Å². The summed E-state index contributed by atoms with van der Waals surface area (Å²) in [4.78, 5) is 38.8. The highest BCUT2D eigenvalue weighted by atomic mass is 16.5. The summed E-state index contributed by atoms with van der Waals surface area (Å²) >= 11 is 0. The first-order chi connectivity index (χ1) is 13.0. The molecule has 0 aliphatic heterocycles. The molecule has 2 N–H and O–H groups in total. The number of primary amides is 1. The Morgan fingerprint density at radius 1 is 1.22 bits per heavy atom. The third kappa shape index (κ3) is 4.72. The van der Waals surface area contributed by atoms with Crippen LogP contribution in [0, 0.1) is 6.92 Å². The highest BCUT2D eigenvalue weighted by Gasteiger charge is 2.26. The van der Waals surface area contributed by atoms with Gasteiger partial charge in [0, 0.05) is 18.4 Å². The van der Waals surface area contributed by atoms with Crippen LogP contribution in [-0.2, 0) is 16.1 Å². The van der Waals surface area contributed by atoms with Crippen LogP contribution in [0.2, 0.25) is 0 Å². The molecule has 1 amide bonds. The number of Topliss-reactive ketones (excluding diaryl/α,β-unsaturated/α-hetero) is 1. The first-order valence-corrected chi connectivity index (χ1v) is 9.41. The number of nitrogens with two attached hydrogens (primary N) is 1. The van der Waals surface area contributed by atoms with Crippen molar-refractivity contribution in [3.05, 3.63) is 23.5 Å². The maximum atomic E-state index is 12.4. The van der Waals surface area contributed by atoms with Crippen molar-refractivity contribution in [1.29, 1.82) is 0 Å². The molecule has 0 saturated carbocycles. The van der Waals surface area contributed by atoms with Crippen molar-refractivity contribution in [2.24, 2.45) is 5.73 Å². The Bertz CT molecular complexity index is 826. The minimum atomic E-state index is -1.03. The molecule has 0 unspecified atom stereocenters. The Morgan fingerprint density at radius 2 is 1.93 bits per heavy atom. The molecule has 146 valence electrons. The Morgan fingerprint density at radius 3 is 2.59 bits per heavy atom. The van der Waals surface area contributed by atoms with Crippen LogP contribution in [0.25, 0.3) is 10.9 Å². The number of fused-ring (bicyclic) bond motifs is 1. The third-order valence-electron chi connectivity index (χ3n) is 4.68. The predicted octanol–water partition coefficient (Wildman–Crippen LogP) is 2.95. The third-order valence-corrected chi connectivity index (χ3v) is 4.68. The van der Waals surface area contributed by atoms with Gasteiger partial charge < -0.3 is 15.0 Å². The summed E-state index contributed by atoms with van der Waals surface area (Å²) in [5.41, 5.74) is 6.86. The van der Waals surface area contributed by atoms with Gasteiger partial charge >= 0.3 is 0 Å². The molecule has 0 atom stereocenters. The van der Waals surface area contributed by atoms with Gasteiger partial charge in [-0.25, -0.2) is 4.98 Å². The standard InChI is InChI=1S/C20H27N3O4/c1-3-4-5-6-7-8-11-23-14(2)16(18(25)19(21)26)17-15(23)9-10-22-20(17)27-13-12-24/h9-10,12H,3-8,11,13H2,1-2H3,(H2,21,26). The fraction of sp³-hybridized carbons (Fsp3) is 0.500. The number of hydrogen-bond donors (Lipinski definition) is 1. The van der Waals surface area contributed by atoms with E-state index in [2.05, 4.69) is 11.9 Å². The molecular formula is C20H27N3O4. The second-order valence-corrected chi connectivity index (χ2v) is 6.56. The van der Waals surface area contributed by atoms with E-state index in [4.69, 9.17) is 10.5 Å². The Kier molecular flexibility index (Phi) is 7.52. The van der Waals surface area contributed by atoms with Crippen LogP contribution in [0.15, 0.2) is 12.3 Å². The molecule has 0 bridgehead atoms. The number of rotatable bonds is 12. The first kappa shape index (κ1) is 20.6. The summed E-state index contributed by atoms with van der Waals surface area (Å²) in [7, 11) is 0. The zero-order valence-electron chi connectivity index (χ0n) is 16.0. The molecule has 2 aromatic heterocycles. The number of amides is 1. The van der Waals surface area contributed by atoms with E-state index in [0.717, 1.165) is 24.9 Å². The van der Waals surface area contributed by atoms with Crippen LogP contribution in [0.3, 0.4) is 0 Å². The van der Waals surface area contributed by atoms with Crippen LogP contribution in [0.5, 0.6) is 5.88 Å². The van der Waals surface area contributed by atoms with Gasteiger partial charge in [-0.1, -0.05) is 39.0 Å². The maximum absolute atomic E-state index is 12.4. The van der Waals surface area contributed by atoms with Gasteiger partial charge in [-0.15, -0.1) is 0 Å². The zero-order chi connectivity index (χ0) is 19.8. The summed E-state index contributed by atoms with van der Waals surface area (Å²) in [6, 6.07) is 1.78. The van der Waals surface area contributed by atoms with Crippen molar-refractivity contribution in [3.63, 3.8) is 0 Å². The molecule has 2 heterocycles. The van der Waals surface area contributed by atoms with Gasteiger partial charge in [-0.2, -0.15) is 0 Å². The molecule has 0 aliphatic carbocycles. The first-order valence-electron chi connectivity index (χ1n) is 9.41. The van der Waals surface area contributed by atoms with Crippen molar-refractivity contribution in [2.45, 2.75) is 58.9 Å². The summed E-state index contributed by atoms with van der Waals surface area (Å²) < 4.78 is 7.38. The Hall–Kier alpha value is -2.70. The predicted molar refractivity (Wildman–Crippen MR) is 103 cm³/mol. The minimum Gasteiger partial charge on any atom is -0.469 e. The van der Waals surface area contributed by atoms with Crippen molar-refractivity contribution in [3.8, 4) is 5.88 Å². The highest BCUT2D eigenvalue weighted by molar-refractivity contribution is 6.45. The lowest BCUT2D eigenvalue weighted by Gasteiger charge is -2.09.